The summed E-state index contributed by atoms with van der Waals surface area (Å²) in [6.45, 7) is -0.365. The van der Waals surface area contributed by atoms with Crippen LogP contribution in [0.3, 0.4) is 0 Å². The highest BCUT2D eigenvalue weighted by Gasteiger charge is 2.19. The lowest BCUT2D eigenvalue weighted by Gasteiger charge is -2.11. The molecule has 2 aromatic rings. The molecule has 0 N–H and O–H groups in total. The van der Waals surface area contributed by atoms with Gasteiger partial charge in [-0.25, -0.2) is 4.79 Å². The van der Waals surface area contributed by atoms with Crippen LogP contribution in [-0.2, 0) is 4.74 Å². The second kappa shape index (κ2) is 7.29. The molecule has 0 saturated carbocycles. The van der Waals surface area contributed by atoms with Crippen molar-refractivity contribution in [2.45, 2.75) is 0 Å². The molecular formula is C15H13ClO5S. The van der Waals surface area contributed by atoms with Crippen LogP contribution in [0, 0.1) is 0 Å². The number of ketones is 1. The number of Topliss-reactive ketones (excluding diaryl/α,β-unsaturated/α-hetero) is 1. The molecule has 0 bridgehead atoms. The lowest BCUT2D eigenvalue weighted by Crippen LogP contribution is -2.14. The molecule has 1 aromatic carbocycles. The number of halogens is 1. The van der Waals surface area contributed by atoms with Crippen LogP contribution in [0.2, 0.25) is 4.34 Å². The van der Waals surface area contributed by atoms with E-state index in [0.717, 1.165) is 11.3 Å². The van der Waals surface area contributed by atoms with Gasteiger partial charge in [0, 0.05) is 0 Å². The molecule has 0 aliphatic heterocycles. The summed E-state index contributed by atoms with van der Waals surface area (Å²) in [5.74, 6) is -0.297. The van der Waals surface area contributed by atoms with Crippen LogP contribution in [0.25, 0.3) is 0 Å². The second-order valence-electron chi connectivity index (χ2n) is 4.14. The minimum Gasteiger partial charge on any atom is -0.493 e. The number of thiophene rings is 1. The molecule has 0 spiro atoms. The molecule has 0 saturated heterocycles. The lowest BCUT2D eigenvalue weighted by molar-refractivity contribution is 0.0472. The Bertz CT molecular complexity index is 695. The Hall–Kier alpha value is -2.05. The molecule has 0 aliphatic rings. The molecule has 2 rings (SSSR count). The van der Waals surface area contributed by atoms with E-state index in [0.29, 0.717) is 15.0 Å². The maximum absolute atomic E-state index is 12.1. The normalized spacial score (nSPS) is 10.1. The molecule has 7 heteroatoms. The third kappa shape index (κ3) is 3.58. The van der Waals surface area contributed by atoms with Gasteiger partial charge in [0.25, 0.3) is 0 Å². The molecule has 0 atom stereocenters. The number of esters is 1. The standard InChI is InChI=1S/C15H13ClO5S/c1-19-11-5-3-4-9(14(11)20-2)15(18)21-8-10(17)12-6-7-13(16)22-12/h3-7H,8H2,1-2H3. The van der Waals surface area contributed by atoms with E-state index in [1.807, 2.05) is 0 Å². The predicted molar refractivity (Wildman–Crippen MR) is 83.5 cm³/mol. The van der Waals surface area contributed by atoms with Crippen molar-refractivity contribution in [2.75, 3.05) is 20.8 Å². The smallest absolute Gasteiger partial charge is 0.342 e. The minimum absolute atomic E-state index is 0.193. The predicted octanol–water partition coefficient (Wildman–Crippen LogP) is 3.46. The van der Waals surface area contributed by atoms with Gasteiger partial charge in [-0.1, -0.05) is 17.7 Å². The number of rotatable bonds is 6. The topological polar surface area (TPSA) is 61.8 Å². The maximum Gasteiger partial charge on any atom is 0.342 e. The first-order valence-electron chi connectivity index (χ1n) is 6.23. The first-order chi connectivity index (χ1) is 10.6. The van der Waals surface area contributed by atoms with Crippen molar-refractivity contribution in [3.63, 3.8) is 0 Å². The molecule has 5 nitrogen and oxygen atoms in total. The Morgan fingerprint density at radius 3 is 2.50 bits per heavy atom. The third-order valence-corrected chi connectivity index (χ3v) is 4.08. The third-order valence-electron chi connectivity index (χ3n) is 2.81. The van der Waals surface area contributed by atoms with E-state index < -0.39 is 5.97 Å². The van der Waals surface area contributed by atoms with Gasteiger partial charge in [-0.3, -0.25) is 4.79 Å². The van der Waals surface area contributed by atoms with Crippen molar-refractivity contribution in [2.24, 2.45) is 0 Å². The van der Waals surface area contributed by atoms with E-state index in [1.165, 1.54) is 20.3 Å². The van der Waals surface area contributed by atoms with Gasteiger partial charge in [-0.05, 0) is 24.3 Å². The van der Waals surface area contributed by atoms with Crippen molar-refractivity contribution in [1.82, 2.24) is 0 Å². The molecule has 0 amide bonds. The Morgan fingerprint density at radius 1 is 1.14 bits per heavy atom. The monoisotopic (exact) mass is 340 g/mol. The van der Waals surface area contributed by atoms with Gasteiger partial charge in [-0.2, -0.15) is 0 Å². The number of hydrogen-bond donors (Lipinski definition) is 0. The van der Waals surface area contributed by atoms with Crippen LogP contribution in [0.4, 0.5) is 0 Å². The summed E-state index contributed by atoms with van der Waals surface area (Å²) in [5, 5.41) is 0. The number of para-hydroxylation sites is 1. The average Bonchev–Trinajstić information content (AvgIpc) is 2.97. The van der Waals surface area contributed by atoms with Gasteiger partial charge in [0.2, 0.25) is 5.78 Å². The van der Waals surface area contributed by atoms with Crippen molar-refractivity contribution < 1.29 is 23.8 Å². The maximum atomic E-state index is 12.1. The second-order valence-corrected chi connectivity index (χ2v) is 5.86. The number of benzene rings is 1. The summed E-state index contributed by atoms with van der Waals surface area (Å²) >= 11 is 6.90. The van der Waals surface area contributed by atoms with Crippen LogP contribution in [0.1, 0.15) is 20.0 Å². The molecule has 1 heterocycles. The number of methoxy groups -OCH3 is 2. The molecule has 1 aromatic heterocycles. The fourth-order valence-electron chi connectivity index (χ4n) is 1.79. The quantitative estimate of drug-likeness (QED) is 0.595. The Labute approximate surface area is 136 Å². The molecule has 116 valence electrons. The number of hydrogen-bond acceptors (Lipinski definition) is 6. The Balaban J connectivity index is 2.08. The van der Waals surface area contributed by atoms with Crippen molar-refractivity contribution in [3.05, 3.63) is 45.1 Å². The molecule has 0 unspecified atom stereocenters. The summed E-state index contributed by atoms with van der Waals surface area (Å²) in [4.78, 5) is 24.4. The Kier molecular flexibility index (Phi) is 5.41. The summed E-state index contributed by atoms with van der Waals surface area (Å²) < 4.78 is 15.8. The van der Waals surface area contributed by atoms with Crippen LogP contribution in [-0.4, -0.2) is 32.6 Å². The first kappa shape index (κ1) is 16.3. The van der Waals surface area contributed by atoms with Gasteiger partial charge in [-0.15, -0.1) is 11.3 Å². The largest absolute Gasteiger partial charge is 0.493 e. The van der Waals surface area contributed by atoms with E-state index >= 15 is 0 Å². The van der Waals surface area contributed by atoms with Crippen molar-refractivity contribution in [3.8, 4) is 11.5 Å². The van der Waals surface area contributed by atoms with Gasteiger partial charge >= 0.3 is 5.97 Å². The molecule has 0 aliphatic carbocycles. The van der Waals surface area contributed by atoms with Crippen molar-refractivity contribution in [1.29, 1.82) is 0 Å². The molecule has 0 radical (unpaired) electrons. The molecule has 22 heavy (non-hydrogen) atoms. The van der Waals surface area contributed by atoms with Gasteiger partial charge in [0.15, 0.2) is 18.1 Å². The zero-order valence-corrected chi connectivity index (χ0v) is 13.5. The van der Waals surface area contributed by atoms with Crippen LogP contribution < -0.4 is 9.47 Å². The minimum atomic E-state index is -0.660. The van der Waals surface area contributed by atoms with Gasteiger partial charge in [0.1, 0.15) is 5.56 Å². The highest BCUT2D eigenvalue weighted by atomic mass is 35.5. The van der Waals surface area contributed by atoms with E-state index in [2.05, 4.69) is 0 Å². The SMILES string of the molecule is COc1cccc(C(=O)OCC(=O)c2ccc(Cl)s2)c1OC. The van der Waals surface area contributed by atoms with Crippen LogP contribution in [0.5, 0.6) is 11.5 Å². The number of carbonyl (C=O) groups excluding carboxylic acids is 2. The van der Waals surface area contributed by atoms with E-state index in [9.17, 15) is 9.59 Å². The van der Waals surface area contributed by atoms with E-state index in [1.54, 1.807) is 24.3 Å². The van der Waals surface area contributed by atoms with Crippen LogP contribution in [0.15, 0.2) is 30.3 Å². The average molecular weight is 341 g/mol. The summed E-state index contributed by atoms with van der Waals surface area (Å²) in [6.07, 6.45) is 0. The number of carbonyl (C=O) groups is 2. The zero-order valence-electron chi connectivity index (χ0n) is 11.9. The summed E-state index contributed by atoms with van der Waals surface area (Å²) in [5.41, 5.74) is 0.193. The van der Waals surface area contributed by atoms with Gasteiger partial charge in [0.05, 0.1) is 23.4 Å². The highest BCUT2D eigenvalue weighted by Crippen LogP contribution is 2.31. The van der Waals surface area contributed by atoms with E-state index in [4.69, 9.17) is 25.8 Å². The fraction of sp³-hybridized carbons (Fsp3) is 0.200. The fourth-order valence-corrected chi connectivity index (χ4v) is 2.76. The molecular weight excluding hydrogens is 328 g/mol. The van der Waals surface area contributed by atoms with E-state index in [-0.39, 0.29) is 23.7 Å². The highest BCUT2D eigenvalue weighted by molar-refractivity contribution is 7.18. The van der Waals surface area contributed by atoms with Crippen molar-refractivity contribution >= 4 is 34.7 Å². The van der Waals surface area contributed by atoms with Crippen LogP contribution >= 0.6 is 22.9 Å². The summed E-state index contributed by atoms with van der Waals surface area (Å²) in [6, 6.07) is 8.05. The first-order valence-corrected chi connectivity index (χ1v) is 7.43. The Morgan fingerprint density at radius 2 is 1.91 bits per heavy atom. The number of ether oxygens (including phenoxy) is 3. The summed E-state index contributed by atoms with van der Waals surface area (Å²) in [7, 11) is 2.89. The lowest BCUT2D eigenvalue weighted by atomic mass is 10.2. The van der Waals surface area contributed by atoms with Gasteiger partial charge < -0.3 is 14.2 Å². The molecule has 0 fully saturated rings. The zero-order chi connectivity index (χ0) is 16.1.